The lowest BCUT2D eigenvalue weighted by atomic mass is 9.84. The normalized spacial score (nSPS) is 13.4. The number of carbonyl (C=O) groups is 5. The quantitative estimate of drug-likeness (QED) is 0.467. The average Bonchev–Trinajstić information content (AvgIpc) is 3.11. The van der Waals surface area contributed by atoms with Gasteiger partial charge in [-0.3, -0.25) is 19.2 Å². The largest absolute Gasteiger partial charge is 0.464 e. The van der Waals surface area contributed by atoms with Gasteiger partial charge in [0.05, 0.1) is 0 Å². The van der Waals surface area contributed by atoms with Crippen LogP contribution >= 0.6 is 0 Å². The van der Waals surface area contributed by atoms with Crippen LogP contribution in [0.1, 0.15) is 31.8 Å². The Kier molecular flexibility index (Phi) is 7.27. The fraction of sp³-hybridized carbons (Fsp3) is 0.0455. The van der Waals surface area contributed by atoms with E-state index >= 15 is 0 Å². The second kappa shape index (κ2) is 9.85. The van der Waals surface area contributed by atoms with Crippen LogP contribution in [-0.4, -0.2) is 46.0 Å². The molecule has 2 aliphatic rings. The number of nitrogens with zero attached hydrogens (tertiary/aromatic N) is 1. The molecule has 0 unspecified atom stereocenters. The van der Waals surface area contributed by atoms with E-state index < -0.39 is 17.9 Å². The fourth-order valence-corrected chi connectivity index (χ4v) is 2.64. The van der Waals surface area contributed by atoms with E-state index in [0.29, 0.717) is 28.8 Å². The molecule has 8 heteroatoms. The highest BCUT2D eigenvalue weighted by Gasteiger charge is 2.29. The Hall–Kier alpha value is -4.17. The molecule has 0 atom stereocenters. The molecular weight excluding hydrogens is 388 g/mol. The van der Waals surface area contributed by atoms with Crippen LogP contribution in [0.15, 0.2) is 73.3 Å². The van der Waals surface area contributed by atoms with Gasteiger partial charge in [-0.05, 0) is 0 Å². The summed E-state index contributed by atoms with van der Waals surface area (Å²) in [5, 5.41) is 8.20. The van der Waals surface area contributed by atoms with E-state index in [2.05, 4.69) is 6.58 Å². The van der Waals surface area contributed by atoms with Gasteiger partial charge in [-0.15, -0.1) is 6.58 Å². The Bertz CT molecular complexity index is 947. The van der Waals surface area contributed by atoms with Crippen LogP contribution in [0.4, 0.5) is 4.79 Å². The number of ketones is 2. The summed E-state index contributed by atoms with van der Waals surface area (Å²) in [5.74, 6) is -1.74. The number of carbonyl (C=O) groups excluding carboxylic acids is 4. The van der Waals surface area contributed by atoms with Crippen molar-refractivity contribution in [2.24, 2.45) is 5.73 Å². The van der Waals surface area contributed by atoms with Crippen molar-refractivity contribution < 1.29 is 29.1 Å². The molecular formula is C22H18N2O6. The molecule has 1 heterocycles. The van der Waals surface area contributed by atoms with Crippen LogP contribution in [0.2, 0.25) is 0 Å². The van der Waals surface area contributed by atoms with Crippen molar-refractivity contribution in [2.75, 3.05) is 6.54 Å². The van der Waals surface area contributed by atoms with E-state index in [1.165, 1.54) is 0 Å². The van der Waals surface area contributed by atoms with Gasteiger partial charge in [0.2, 0.25) is 0 Å². The third-order valence-corrected chi connectivity index (χ3v) is 4.00. The van der Waals surface area contributed by atoms with Gasteiger partial charge in [-0.25, -0.2) is 4.79 Å². The summed E-state index contributed by atoms with van der Waals surface area (Å²) in [5.41, 5.74) is 6.93. The Balaban J connectivity index is 0.000000196. The number of nitrogens with two attached hydrogens (primary N) is 1. The van der Waals surface area contributed by atoms with Crippen molar-refractivity contribution in [1.82, 2.24) is 4.90 Å². The molecule has 0 aromatic heterocycles. The SMILES string of the molecule is C=CCN.O=C(O)N1C(=O)C=CC1=O.O=C1c2ccccc2C(=O)c2ccccc21. The maximum absolute atomic E-state index is 12.1. The second-order valence-corrected chi connectivity index (χ2v) is 5.90. The van der Waals surface area contributed by atoms with E-state index in [0.717, 1.165) is 12.2 Å². The summed E-state index contributed by atoms with van der Waals surface area (Å²) < 4.78 is 0. The third kappa shape index (κ3) is 4.62. The summed E-state index contributed by atoms with van der Waals surface area (Å²) in [4.78, 5) is 55.3. The lowest BCUT2D eigenvalue weighted by Crippen LogP contribution is -2.34. The van der Waals surface area contributed by atoms with Crippen molar-refractivity contribution in [1.29, 1.82) is 0 Å². The summed E-state index contributed by atoms with van der Waals surface area (Å²) in [6.07, 6.45) is 1.94. The van der Waals surface area contributed by atoms with E-state index in [4.69, 9.17) is 10.8 Å². The molecule has 0 saturated heterocycles. The molecule has 152 valence electrons. The van der Waals surface area contributed by atoms with Crippen molar-refractivity contribution in [3.05, 3.63) is 95.6 Å². The first kappa shape index (κ1) is 22.1. The predicted molar refractivity (Wildman–Crippen MR) is 108 cm³/mol. The number of benzene rings is 2. The fourth-order valence-electron chi connectivity index (χ4n) is 2.64. The Labute approximate surface area is 171 Å². The van der Waals surface area contributed by atoms with Gasteiger partial charge in [-0.1, -0.05) is 54.6 Å². The first-order valence-corrected chi connectivity index (χ1v) is 8.71. The summed E-state index contributed by atoms with van der Waals surface area (Å²) in [6.45, 7) is 3.94. The lowest BCUT2D eigenvalue weighted by Gasteiger charge is -2.16. The highest BCUT2D eigenvalue weighted by molar-refractivity contribution is 6.28. The van der Waals surface area contributed by atoms with Gasteiger partial charge in [0.1, 0.15) is 0 Å². The molecule has 0 bridgehead atoms. The van der Waals surface area contributed by atoms with E-state index in [-0.39, 0.29) is 16.5 Å². The van der Waals surface area contributed by atoms with Gasteiger partial charge < -0.3 is 10.8 Å². The van der Waals surface area contributed by atoms with Crippen LogP contribution in [0, 0.1) is 0 Å². The molecule has 3 amide bonds. The Morgan fingerprint density at radius 2 is 1.13 bits per heavy atom. The minimum atomic E-state index is -1.54. The van der Waals surface area contributed by atoms with Crippen molar-refractivity contribution in [3.63, 3.8) is 0 Å². The highest BCUT2D eigenvalue weighted by atomic mass is 16.4. The molecule has 0 spiro atoms. The molecule has 0 saturated carbocycles. The van der Waals surface area contributed by atoms with Crippen LogP contribution in [0.5, 0.6) is 0 Å². The van der Waals surface area contributed by atoms with Gasteiger partial charge in [0.15, 0.2) is 11.6 Å². The topological polar surface area (TPSA) is 135 Å². The average molecular weight is 406 g/mol. The number of amides is 3. The summed E-state index contributed by atoms with van der Waals surface area (Å²) in [7, 11) is 0. The van der Waals surface area contributed by atoms with Crippen molar-refractivity contribution >= 4 is 29.5 Å². The Morgan fingerprint density at radius 3 is 1.33 bits per heavy atom. The maximum atomic E-state index is 12.1. The molecule has 3 N–H and O–H groups in total. The zero-order valence-electron chi connectivity index (χ0n) is 15.8. The van der Waals surface area contributed by atoms with Crippen LogP contribution in [0.25, 0.3) is 0 Å². The van der Waals surface area contributed by atoms with Crippen LogP contribution in [0.3, 0.4) is 0 Å². The number of fused-ring (bicyclic) bond motifs is 2. The van der Waals surface area contributed by atoms with Gasteiger partial charge in [0, 0.05) is 41.0 Å². The second-order valence-electron chi connectivity index (χ2n) is 5.90. The van der Waals surface area contributed by atoms with E-state index in [9.17, 15) is 24.0 Å². The van der Waals surface area contributed by atoms with Gasteiger partial charge in [-0.2, -0.15) is 4.90 Å². The number of hydrogen-bond acceptors (Lipinski definition) is 6. The summed E-state index contributed by atoms with van der Waals surface area (Å²) >= 11 is 0. The predicted octanol–water partition coefficient (Wildman–Crippen LogP) is 2.18. The smallest absolute Gasteiger partial charge is 0.421 e. The van der Waals surface area contributed by atoms with Gasteiger partial charge in [0.25, 0.3) is 11.8 Å². The zero-order chi connectivity index (χ0) is 22.3. The molecule has 2 aromatic rings. The zero-order valence-corrected chi connectivity index (χ0v) is 15.8. The summed E-state index contributed by atoms with van der Waals surface area (Å²) in [6, 6.07) is 13.9. The third-order valence-electron chi connectivity index (χ3n) is 4.00. The molecule has 30 heavy (non-hydrogen) atoms. The minimum absolute atomic E-state index is 0.0641. The standard InChI is InChI=1S/C14H8O2.C5H3NO4.C3H7N/c15-13-9-5-1-2-6-10(9)14(16)12-8-4-3-7-11(12)13;7-3-1-2-4(8)6(3)5(9)10;1-2-3-4/h1-8H;1-2H,(H,9,10);2H,1,3-4H2. The van der Waals surface area contributed by atoms with Crippen LogP contribution in [-0.2, 0) is 9.59 Å². The molecule has 0 fully saturated rings. The molecule has 8 nitrogen and oxygen atoms in total. The first-order valence-electron chi connectivity index (χ1n) is 8.71. The number of carboxylic acid groups (broad SMARTS) is 1. The molecule has 2 aromatic carbocycles. The van der Waals surface area contributed by atoms with Crippen LogP contribution < -0.4 is 5.73 Å². The molecule has 0 radical (unpaired) electrons. The molecule has 1 aliphatic heterocycles. The molecule has 4 rings (SSSR count). The van der Waals surface area contributed by atoms with Gasteiger partial charge >= 0.3 is 6.09 Å². The number of hydrogen-bond donors (Lipinski definition) is 2. The molecule has 1 aliphatic carbocycles. The monoisotopic (exact) mass is 406 g/mol. The maximum Gasteiger partial charge on any atom is 0.421 e. The number of imide groups is 3. The van der Waals surface area contributed by atoms with Crippen molar-refractivity contribution in [3.8, 4) is 0 Å². The van der Waals surface area contributed by atoms with E-state index in [1.807, 2.05) is 0 Å². The van der Waals surface area contributed by atoms with Crippen molar-refractivity contribution in [2.45, 2.75) is 0 Å². The number of rotatable bonds is 1. The highest BCUT2D eigenvalue weighted by Crippen LogP contribution is 2.26. The minimum Gasteiger partial charge on any atom is -0.464 e. The van der Waals surface area contributed by atoms with E-state index in [1.54, 1.807) is 54.6 Å². The Morgan fingerprint density at radius 1 is 0.833 bits per heavy atom. The first-order chi connectivity index (χ1) is 14.3. The lowest BCUT2D eigenvalue weighted by molar-refractivity contribution is -0.134.